The molecule has 4 nitrogen and oxygen atoms in total. The molecule has 0 bridgehead atoms. The summed E-state index contributed by atoms with van der Waals surface area (Å²) in [6.07, 6.45) is 4.19. The van der Waals surface area contributed by atoms with Gasteiger partial charge in [0.2, 0.25) is 0 Å². The zero-order valence-corrected chi connectivity index (χ0v) is 11.6. The molecule has 2 rings (SSSR count). The van der Waals surface area contributed by atoms with Crippen molar-refractivity contribution >= 4 is 5.97 Å². The maximum atomic E-state index is 11.6. The largest absolute Gasteiger partial charge is 0.466 e. The van der Waals surface area contributed by atoms with Gasteiger partial charge >= 0.3 is 5.97 Å². The molecule has 1 saturated heterocycles. The van der Waals surface area contributed by atoms with Crippen LogP contribution in [0.2, 0.25) is 0 Å². The molecule has 1 heterocycles. The lowest BCUT2D eigenvalue weighted by atomic mass is 9.90. The molecular formula is C14H26N2O2. The fourth-order valence-corrected chi connectivity index (χ4v) is 3.10. The standard InChI is InChI=1S/C14H26N2O2/c1-3-18-14(17)7-11-6-13(15)9-16(8-11)10(2)12-4-5-12/h10-13H,3-9,15H2,1-2H3. The number of nitrogens with two attached hydrogens (primary N) is 1. The Morgan fingerprint density at radius 2 is 2.17 bits per heavy atom. The molecule has 1 aliphatic carbocycles. The fourth-order valence-electron chi connectivity index (χ4n) is 3.10. The monoisotopic (exact) mass is 254 g/mol. The third kappa shape index (κ3) is 3.69. The summed E-state index contributed by atoms with van der Waals surface area (Å²) in [6, 6.07) is 0.834. The Balaban J connectivity index is 1.85. The summed E-state index contributed by atoms with van der Waals surface area (Å²) in [7, 11) is 0. The van der Waals surface area contributed by atoms with E-state index in [4.69, 9.17) is 10.5 Å². The highest BCUT2D eigenvalue weighted by molar-refractivity contribution is 5.69. The van der Waals surface area contributed by atoms with Gasteiger partial charge in [-0.05, 0) is 44.9 Å². The third-order valence-corrected chi connectivity index (χ3v) is 4.24. The second-order valence-corrected chi connectivity index (χ2v) is 5.90. The summed E-state index contributed by atoms with van der Waals surface area (Å²) in [6.45, 7) is 6.62. The maximum Gasteiger partial charge on any atom is 0.306 e. The van der Waals surface area contributed by atoms with Crippen LogP contribution in [0.1, 0.15) is 39.5 Å². The van der Waals surface area contributed by atoms with Crippen molar-refractivity contribution in [1.82, 2.24) is 4.90 Å². The number of likely N-dealkylation sites (tertiary alicyclic amines) is 1. The van der Waals surface area contributed by atoms with Crippen molar-refractivity contribution in [2.75, 3.05) is 19.7 Å². The van der Waals surface area contributed by atoms with Crippen molar-refractivity contribution in [3.05, 3.63) is 0 Å². The van der Waals surface area contributed by atoms with E-state index in [0.29, 0.717) is 25.0 Å². The second kappa shape index (κ2) is 6.02. The lowest BCUT2D eigenvalue weighted by Crippen LogP contribution is -2.51. The molecule has 0 aromatic rings. The Labute approximate surface area is 110 Å². The first-order valence-electron chi connectivity index (χ1n) is 7.25. The molecule has 0 spiro atoms. The summed E-state index contributed by atoms with van der Waals surface area (Å²) in [5, 5.41) is 0. The van der Waals surface area contributed by atoms with Gasteiger partial charge in [0.25, 0.3) is 0 Å². The Bertz CT molecular complexity index is 292. The summed E-state index contributed by atoms with van der Waals surface area (Å²) in [5.74, 6) is 1.16. The molecule has 3 unspecified atom stereocenters. The van der Waals surface area contributed by atoms with Crippen LogP contribution in [-0.4, -0.2) is 42.6 Å². The quantitative estimate of drug-likeness (QED) is 0.753. The molecule has 18 heavy (non-hydrogen) atoms. The first kappa shape index (κ1) is 13.8. The van der Waals surface area contributed by atoms with Crippen molar-refractivity contribution in [3.8, 4) is 0 Å². The Kier molecular flexibility index (Phi) is 4.62. The van der Waals surface area contributed by atoms with E-state index in [1.165, 1.54) is 12.8 Å². The molecule has 0 aromatic carbocycles. The van der Waals surface area contributed by atoms with E-state index in [1.54, 1.807) is 0 Å². The number of carbonyl (C=O) groups excluding carboxylic acids is 1. The summed E-state index contributed by atoms with van der Waals surface area (Å²) < 4.78 is 5.04. The van der Waals surface area contributed by atoms with Gasteiger partial charge in [0.1, 0.15) is 0 Å². The normalized spacial score (nSPS) is 31.1. The molecule has 2 aliphatic rings. The van der Waals surface area contributed by atoms with Crippen LogP contribution in [0.3, 0.4) is 0 Å². The highest BCUT2D eigenvalue weighted by Crippen LogP contribution is 2.36. The first-order valence-corrected chi connectivity index (χ1v) is 7.25. The number of nitrogens with zero attached hydrogens (tertiary/aromatic N) is 1. The molecule has 0 radical (unpaired) electrons. The molecule has 2 fully saturated rings. The van der Waals surface area contributed by atoms with Gasteiger partial charge in [0, 0.05) is 31.6 Å². The zero-order valence-electron chi connectivity index (χ0n) is 11.6. The van der Waals surface area contributed by atoms with Crippen LogP contribution in [0.5, 0.6) is 0 Å². The number of carbonyl (C=O) groups is 1. The predicted molar refractivity (Wildman–Crippen MR) is 71.1 cm³/mol. The minimum Gasteiger partial charge on any atom is -0.466 e. The van der Waals surface area contributed by atoms with E-state index in [1.807, 2.05) is 6.92 Å². The van der Waals surface area contributed by atoms with Gasteiger partial charge in [-0.25, -0.2) is 0 Å². The number of rotatable bonds is 5. The smallest absolute Gasteiger partial charge is 0.306 e. The minimum atomic E-state index is -0.0735. The molecule has 2 N–H and O–H groups in total. The van der Waals surface area contributed by atoms with Crippen LogP contribution in [0.15, 0.2) is 0 Å². The molecule has 0 amide bonds. The fraction of sp³-hybridized carbons (Fsp3) is 0.929. The second-order valence-electron chi connectivity index (χ2n) is 5.90. The Hall–Kier alpha value is -0.610. The van der Waals surface area contributed by atoms with E-state index >= 15 is 0 Å². The lowest BCUT2D eigenvalue weighted by molar-refractivity contribution is -0.144. The van der Waals surface area contributed by atoms with Crippen LogP contribution in [0, 0.1) is 11.8 Å². The van der Waals surface area contributed by atoms with Crippen LogP contribution >= 0.6 is 0 Å². The average molecular weight is 254 g/mol. The molecule has 104 valence electrons. The summed E-state index contributed by atoms with van der Waals surface area (Å²) >= 11 is 0. The SMILES string of the molecule is CCOC(=O)CC1CC(N)CN(C(C)C2CC2)C1. The highest BCUT2D eigenvalue weighted by Gasteiger charge is 2.36. The number of hydrogen-bond donors (Lipinski definition) is 1. The van der Waals surface area contributed by atoms with E-state index < -0.39 is 0 Å². The molecule has 1 aliphatic heterocycles. The third-order valence-electron chi connectivity index (χ3n) is 4.24. The van der Waals surface area contributed by atoms with Crippen molar-refractivity contribution in [2.24, 2.45) is 17.6 Å². The van der Waals surface area contributed by atoms with Gasteiger partial charge in [-0.1, -0.05) is 0 Å². The molecule has 3 atom stereocenters. The van der Waals surface area contributed by atoms with Crippen LogP contribution in [-0.2, 0) is 9.53 Å². The summed E-state index contributed by atoms with van der Waals surface area (Å²) in [4.78, 5) is 14.0. The van der Waals surface area contributed by atoms with E-state index in [0.717, 1.165) is 25.4 Å². The Morgan fingerprint density at radius 1 is 1.44 bits per heavy atom. The van der Waals surface area contributed by atoms with Crippen molar-refractivity contribution in [2.45, 2.75) is 51.6 Å². The minimum absolute atomic E-state index is 0.0735. The highest BCUT2D eigenvalue weighted by atomic mass is 16.5. The molecule has 0 aromatic heterocycles. The van der Waals surface area contributed by atoms with Crippen LogP contribution in [0.25, 0.3) is 0 Å². The van der Waals surface area contributed by atoms with E-state index in [2.05, 4.69) is 11.8 Å². The number of piperidine rings is 1. The van der Waals surface area contributed by atoms with Crippen molar-refractivity contribution in [3.63, 3.8) is 0 Å². The van der Waals surface area contributed by atoms with Gasteiger partial charge < -0.3 is 10.5 Å². The average Bonchev–Trinajstić information content (AvgIpc) is 3.11. The lowest BCUT2D eigenvalue weighted by Gasteiger charge is -2.39. The summed E-state index contributed by atoms with van der Waals surface area (Å²) in [5.41, 5.74) is 6.13. The van der Waals surface area contributed by atoms with Gasteiger partial charge in [-0.15, -0.1) is 0 Å². The zero-order chi connectivity index (χ0) is 13.1. The number of hydrogen-bond acceptors (Lipinski definition) is 4. The van der Waals surface area contributed by atoms with Gasteiger partial charge in [0.05, 0.1) is 6.61 Å². The molecular weight excluding hydrogens is 228 g/mol. The first-order chi connectivity index (χ1) is 8.60. The predicted octanol–water partition coefficient (Wildman–Crippen LogP) is 1.39. The van der Waals surface area contributed by atoms with Crippen molar-refractivity contribution in [1.29, 1.82) is 0 Å². The van der Waals surface area contributed by atoms with Crippen LogP contribution < -0.4 is 5.73 Å². The van der Waals surface area contributed by atoms with Gasteiger partial charge in [-0.2, -0.15) is 0 Å². The van der Waals surface area contributed by atoms with Gasteiger partial charge in [0.15, 0.2) is 0 Å². The number of esters is 1. The molecule has 1 saturated carbocycles. The maximum absolute atomic E-state index is 11.6. The van der Waals surface area contributed by atoms with E-state index in [-0.39, 0.29) is 12.0 Å². The number of ether oxygens (including phenoxy) is 1. The van der Waals surface area contributed by atoms with E-state index in [9.17, 15) is 4.79 Å². The van der Waals surface area contributed by atoms with Crippen LogP contribution in [0.4, 0.5) is 0 Å². The van der Waals surface area contributed by atoms with Gasteiger partial charge in [-0.3, -0.25) is 9.69 Å². The molecule has 4 heteroatoms. The van der Waals surface area contributed by atoms with Crippen molar-refractivity contribution < 1.29 is 9.53 Å². The Morgan fingerprint density at radius 3 is 2.78 bits per heavy atom. The topological polar surface area (TPSA) is 55.6 Å².